The Labute approximate surface area is 299 Å². The van der Waals surface area contributed by atoms with Crippen molar-refractivity contribution in [3.8, 4) is 0 Å². The Morgan fingerprint density at radius 2 is 1.14 bits per heavy atom. The fourth-order valence-corrected chi connectivity index (χ4v) is 9.28. The molecule has 2 unspecified atom stereocenters. The first-order chi connectivity index (χ1) is 23.8. The summed E-state index contributed by atoms with van der Waals surface area (Å²) in [7, 11) is 0. The van der Waals surface area contributed by atoms with E-state index in [1.54, 1.807) is 19.3 Å². The first-order valence-electron chi connectivity index (χ1n) is 17.7. The second kappa shape index (κ2) is 14.7. The van der Waals surface area contributed by atoms with Crippen molar-refractivity contribution in [2.75, 3.05) is 26.2 Å². The number of nitrogens with zero attached hydrogens (tertiary/aromatic N) is 3. The van der Waals surface area contributed by atoms with Crippen molar-refractivity contribution in [2.45, 2.75) is 70.1 Å². The molecule has 0 radical (unpaired) electrons. The van der Waals surface area contributed by atoms with Gasteiger partial charge in [-0.25, -0.2) is 0 Å². The molecule has 4 aromatic rings. The average Bonchev–Trinajstić information content (AvgIpc) is 3.38. The van der Waals surface area contributed by atoms with Gasteiger partial charge in [-0.1, -0.05) is 35.3 Å². The number of benzene rings is 2. The van der Waals surface area contributed by atoms with Crippen LogP contribution in [0.4, 0.5) is 0 Å². The summed E-state index contributed by atoms with van der Waals surface area (Å²) in [6, 6.07) is 20.2. The first kappa shape index (κ1) is 33.8. The van der Waals surface area contributed by atoms with E-state index in [9.17, 15) is 15.2 Å². The van der Waals surface area contributed by atoms with Gasteiger partial charge in [0.15, 0.2) is 12.4 Å². The lowest BCUT2D eigenvalue weighted by molar-refractivity contribution is -0.616. The maximum absolute atomic E-state index is 12.7. The lowest BCUT2D eigenvalue weighted by Crippen LogP contribution is -2.42. The summed E-state index contributed by atoms with van der Waals surface area (Å²) in [5.74, 6) is 1.24. The van der Waals surface area contributed by atoms with Gasteiger partial charge in [-0.05, 0) is 135 Å². The van der Waals surface area contributed by atoms with E-state index in [1.807, 2.05) is 29.2 Å². The molecule has 9 heteroatoms. The van der Waals surface area contributed by atoms with Gasteiger partial charge in [-0.15, -0.1) is 0 Å². The van der Waals surface area contributed by atoms with Crippen molar-refractivity contribution >= 4 is 29.1 Å². The molecule has 4 aliphatic rings. The van der Waals surface area contributed by atoms with Crippen LogP contribution >= 0.6 is 23.2 Å². The highest BCUT2D eigenvalue weighted by Crippen LogP contribution is 2.43. The number of fused-ring (bicyclic) bond motifs is 4. The standard InChI is InChI=1S/C21H23ClN2O2.C19H21ClN2O/c1-14(25)23-11-8-15(9-12-23)20-19-7-6-18(22)13-17(19)5-4-16-3-2-10-24(26)21(16)20;20-16-5-6-17-15(12-16)4-3-14-2-1-11-22(23)19(14)18(17)13-7-9-21-10-8-13/h2-3,6-7,10,13,15,20H,4-5,8-9,11-12H2,1H3;1-2,5-6,11-13,18,21H,3-4,7-10H2. The lowest BCUT2D eigenvalue weighted by Gasteiger charge is -2.35. The number of halogens is 2. The number of carbonyl (C=O) groups is 1. The average molecular weight is 700 g/mol. The van der Waals surface area contributed by atoms with E-state index in [0.717, 1.165) is 114 Å². The van der Waals surface area contributed by atoms with E-state index in [-0.39, 0.29) is 17.7 Å². The second-order valence-electron chi connectivity index (χ2n) is 14.1. The molecule has 7 nitrogen and oxygen atoms in total. The third-order valence-electron chi connectivity index (χ3n) is 11.3. The molecule has 49 heavy (non-hydrogen) atoms. The SMILES string of the molecule is CC(=O)N1CCC(C2c3ccc(Cl)cc3CCc3ccc[n+]([O-])c32)CC1.[O-][n+]1cccc2c1C(C1CCNCC1)c1ccc(Cl)cc1CC2. The molecule has 0 spiro atoms. The van der Waals surface area contributed by atoms with E-state index >= 15 is 0 Å². The summed E-state index contributed by atoms with van der Waals surface area (Å²) in [6.07, 6.45) is 10.9. The molecule has 2 aliphatic heterocycles. The zero-order valence-electron chi connectivity index (χ0n) is 28.0. The number of piperidine rings is 2. The van der Waals surface area contributed by atoms with Crippen molar-refractivity contribution in [3.63, 3.8) is 0 Å². The Balaban J connectivity index is 0.000000155. The number of likely N-dealkylation sites (tertiary alicyclic amines) is 1. The van der Waals surface area contributed by atoms with Crippen molar-refractivity contribution in [1.82, 2.24) is 10.2 Å². The van der Waals surface area contributed by atoms with Crippen LogP contribution < -0.4 is 14.8 Å². The molecule has 0 bridgehead atoms. The van der Waals surface area contributed by atoms with Crippen LogP contribution in [0.5, 0.6) is 0 Å². The molecular weight excluding hydrogens is 655 g/mol. The predicted molar refractivity (Wildman–Crippen MR) is 193 cm³/mol. The Morgan fingerprint density at radius 3 is 1.61 bits per heavy atom. The molecule has 2 aliphatic carbocycles. The van der Waals surface area contributed by atoms with Crippen LogP contribution in [0.2, 0.25) is 10.0 Å². The number of rotatable bonds is 2. The summed E-state index contributed by atoms with van der Waals surface area (Å²) in [6.45, 7) is 5.22. The quantitative estimate of drug-likeness (QED) is 0.187. The van der Waals surface area contributed by atoms with Gasteiger partial charge in [-0.2, -0.15) is 9.46 Å². The van der Waals surface area contributed by atoms with Crippen molar-refractivity contribution < 1.29 is 14.3 Å². The number of pyridine rings is 2. The molecule has 2 atom stereocenters. The minimum Gasteiger partial charge on any atom is -0.618 e. The van der Waals surface area contributed by atoms with Crippen LogP contribution in [-0.2, 0) is 30.5 Å². The number of hydrogen-bond donors (Lipinski definition) is 1. The lowest BCUT2D eigenvalue weighted by atomic mass is 9.76. The zero-order valence-corrected chi connectivity index (χ0v) is 29.6. The second-order valence-corrected chi connectivity index (χ2v) is 14.9. The Morgan fingerprint density at radius 1 is 0.694 bits per heavy atom. The Hall–Kier alpha value is -3.65. The van der Waals surface area contributed by atoms with Gasteiger partial charge in [0.25, 0.3) is 0 Å². The number of hydrogen-bond acceptors (Lipinski definition) is 4. The Kier molecular flexibility index (Phi) is 10.1. The van der Waals surface area contributed by atoms with Crippen LogP contribution in [0.1, 0.15) is 89.2 Å². The molecule has 0 saturated carbocycles. The van der Waals surface area contributed by atoms with Crippen molar-refractivity contribution in [3.05, 3.63) is 138 Å². The van der Waals surface area contributed by atoms with Gasteiger partial charge < -0.3 is 20.6 Å². The largest absolute Gasteiger partial charge is 0.618 e. The van der Waals surface area contributed by atoms with Crippen LogP contribution in [0.15, 0.2) is 73.1 Å². The summed E-state index contributed by atoms with van der Waals surface area (Å²) in [5.41, 5.74) is 9.24. The third kappa shape index (κ3) is 7.03. The van der Waals surface area contributed by atoms with Crippen LogP contribution in [-0.4, -0.2) is 37.0 Å². The normalized spacial score (nSPS) is 20.8. The molecule has 1 N–H and O–H groups in total. The fourth-order valence-electron chi connectivity index (χ4n) is 8.89. The van der Waals surface area contributed by atoms with Crippen LogP contribution in [0, 0.1) is 22.3 Å². The van der Waals surface area contributed by atoms with Crippen molar-refractivity contribution in [1.29, 1.82) is 0 Å². The highest BCUT2D eigenvalue weighted by atomic mass is 35.5. The molecule has 2 saturated heterocycles. The van der Waals surface area contributed by atoms with E-state index in [0.29, 0.717) is 11.8 Å². The maximum atomic E-state index is 12.7. The highest BCUT2D eigenvalue weighted by molar-refractivity contribution is 6.31. The smallest absolute Gasteiger partial charge is 0.219 e. The number of carbonyl (C=O) groups excluding carboxylic acids is 1. The van der Waals surface area contributed by atoms with Gasteiger partial charge in [0.1, 0.15) is 0 Å². The minimum atomic E-state index is 0.0626. The molecule has 256 valence electrons. The summed E-state index contributed by atoms with van der Waals surface area (Å²) in [5, 5.41) is 30.3. The van der Waals surface area contributed by atoms with Crippen LogP contribution in [0.3, 0.4) is 0 Å². The molecule has 2 aromatic heterocycles. The van der Waals surface area contributed by atoms with E-state index in [4.69, 9.17) is 23.2 Å². The summed E-state index contributed by atoms with van der Waals surface area (Å²) >= 11 is 12.5. The summed E-state index contributed by atoms with van der Waals surface area (Å²) < 4.78 is 2.16. The number of amides is 1. The topological polar surface area (TPSA) is 86.2 Å². The molecule has 2 fully saturated rings. The Bertz CT molecular complexity index is 1830. The van der Waals surface area contributed by atoms with E-state index < -0.39 is 0 Å². The van der Waals surface area contributed by atoms with Crippen molar-refractivity contribution in [2.24, 2.45) is 11.8 Å². The van der Waals surface area contributed by atoms with E-state index in [2.05, 4.69) is 41.7 Å². The predicted octanol–water partition coefficient (Wildman–Crippen LogP) is 6.67. The van der Waals surface area contributed by atoms with Gasteiger partial charge in [0.2, 0.25) is 17.3 Å². The monoisotopic (exact) mass is 698 g/mol. The number of aromatic nitrogens is 2. The third-order valence-corrected chi connectivity index (χ3v) is 11.7. The first-order valence-corrected chi connectivity index (χ1v) is 18.5. The minimum absolute atomic E-state index is 0.0626. The molecular formula is C40H44Cl2N4O3. The van der Waals surface area contributed by atoms with Gasteiger partial charge in [0.05, 0.1) is 11.8 Å². The van der Waals surface area contributed by atoms with Gasteiger partial charge in [0, 0.05) is 53.3 Å². The highest BCUT2D eigenvalue weighted by Gasteiger charge is 2.39. The molecule has 1 amide bonds. The van der Waals surface area contributed by atoms with E-state index in [1.165, 1.54) is 27.8 Å². The molecule has 4 heterocycles. The fraction of sp³-hybridized carbons (Fsp3) is 0.425. The molecule has 2 aromatic carbocycles. The zero-order chi connectivity index (χ0) is 34.1. The number of aryl methyl sites for hydroxylation is 4. The summed E-state index contributed by atoms with van der Waals surface area (Å²) in [4.78, 5) is 13.6. The van der Waals surface area contributed by atoms with Gasteiger partial charge in [-0.3, -0.25) is 4.79 Å². The number of nitrogens with one attached hydrogen (secondary N) is 1. The maximum Gasteiger partial charge on any atom is 0.219 e. The molecule has 8 rings (SSSR count). The van der Waals surface area contributed by atoms with Crippen LogP contribution in [0.25, 0.3) is 0 Å². The van der Waals surface area contributed by atoms with Gasteiger partial charge >= 0.3 is 0 Å².